The predicted molar refractivity (Wildman–Crippen MR) is 119 cm³/mol. The van der Waals surface area contributed by atoms with Gasteiger partial charge in [0.2, 0.25) is 5.91 Å². The standard InChI is InChI=1S/C25H28N2O4/c1-2-16-10-12-17(13-11-16)14-27-19-7-4-3-6-18(25(26)30)23(19)24-20(27)8-5-9-21(24)31-15-22(28)29/h5,8-13,18H,2-4,6-7,14-15H2,1H3,(H2,26,30)(H,28,29). The number of fused-ring (bicyclic) bond motifs is 3. The van der Waals surface area contributed by atoms with E-state index in [1.54, 1.807) is 6.07 Å². The number of nitrogens with two attached hydrogens (primary N) is 1. The first-order chi connectivity index (χ1) is 15.0. The number of aryl methyl sites for hydroxylation is 1. The van der Waals surface area contributed by atoms with Crippen LogP contribution in [-0.4, -0.2) is 28.2 Å². The molecule has 1 aliphatic rings. The largest absolute Gasteiger partial charge is 0.481 e. The van der Waals surface area contributed by atoms with E-state index >= 15 is 0 Å². The minimum absolute atomic E-state index is 0.345. The number of aromatic nitrogens is 1. The molecule has 4 rings (SSSR count). The Kier molecular flexibility index (Phi) is 5.98. The fourth-order valence-corrected chi connectivity index (χ4v) is 4.67. The van der Waals surface area contributed by atoms with Crippen molar-refractivity contribution in [1.29, 1.82) is 0 Å². The predicted octanol–water partition coefficient (Wildman–Crippen LogP) is 4.01. The molecule has 3 N–H and O–H groups in total. The number of hydrogen-bond acceptors (Lipinski definition) is 3. The fourth-order valence-electron chi connectivity index (χ4n) is 4.67. The molecule has 0 fully saturated rings. The molecular weight excluding hydrogens is 392 g/mol. The molecule has 1 aromatic heterocycles. The van der Waals surface area contributed by atoms with Crippen LogP contribution in [0.5, 0.6) is 5.75 Å². The Bertz CT molecular complexity index is 1110. The lowest BCUT2D eigenvalue weighted by Gasteiger charge is -2.14. The summed E-state index contributed by atoms with van der Waals surface area (Å²) in [5.74, 6) is -1.30. The molecule has 2 aromatic carbocycles. The van der Waals surface area contributed by atoms with Crippen molar-refractivity contribution in [3.05, 3.63) is 64.8 Å². The molecule has 31 heavy (non-hydrogen) atoms. The van der Waals surface area contributed by atoms with Gasteiger partial charge in [-0.3, -0.25) is 4.79 Å². The van der Waals surface area contributed by atoms with E-state index in [1.165, 1.54) is 11.1 Å². The van der Waals surface area contributed by atoms with Crippen molar-refractivity contribution < 1.29 is 19.4 Å². The van der Waals surface area contributed by atoms with Crippen molar-refractivity contribution in [2.75, 3.05) is 6.61 Å². The van der Waals surface area contributed by atoms with Gasteiger partial charge >= 0.3 is 5.97 Å². The second-order valence-corrected chi connectivity index (χ2v) is 8.15. The fraction of sp³-hybridized carbons (Fsp3) is 0.360. The van der Waals surface area contributed by atoms with Gasteiger partial charge in [-0.1, -0.05) is 43.7 Å². The zero-order chi connectivity index (χ0) is 22.0. The summed E-state index contributed by atoms with van der Waals surface area (Å²) >= 11 is 0. The van der Waals surface area contributed by atoms with Crippen molar-refractivity contribution in [2.45, 2.75) is 51.5 Å². The van der Waals surface area contributed by atoms with Gasteiger partial charge in [-0.25, -0.2) is 4.79 Å². The highest BCUT2D eigenvalue weighted by molar-refractivity contribution is 5.97. The molecule has 1 amide bonds. The summed E-state index contributed by atoms with van der Waals surface area (Å²) in [7, 11) is 0. The van der Waals surface area contributed by atoms with Crippen LogP contribution in [0.3, 0.4) is 0 Å². The normalized spacial score (nSPS) is 16.0. The number of primary amides is 1. The Hall–Kier alpha value is -3.28. The van der Waals surface area contributed by atoms with Crippen molar-refractivity contribution in [2.24, 2.45) is 5.73 Å². The average molecular weight is 421 g/mol. The Morgan fingerprint density at radius 1 is 1.13 bits per heavy atom. The monoisotopic (exact) mass is 420 g/mol. The molecule has 1 unspecified atom stereocenters. The van der Waals surface area contributed by atoms with Gasteiger partial charge < -0.3 is 20.1 Å². The SMILES string of the molecule is CCc1ccc(Cn2c3c(c4c(OCC(=O)O)cccc42)C(C(N)=O)CCCC3)cc1. The van der Waals surface area contributed by atoms with Crippen LogP contribution >= 0.6 is 0 Å². The maximum absolute atomic E-state index is 12.4. The Balaban J connectivity index is 1.90. The summed E-state index contributed by atoms with van der Waals surface area (Å²) in [5.41, 5.74) is 11.2. The lowest BCUT2D eigenvalue weighted by Crippen LogP contribution is -2.21. The second-order valence-electron chi connectivity index (χ2n) is 8.15. The molecule has 0 bridgehead atoms. The summed E-state index contributed by atoms with van der Waals surface area (Å²) in [4.78, 5) is 23.5. The molecule has 0 spiro atoms. The molecule has 3 aromatic rings. The van der Waals surface area contributed by atoms with Crippen molar-refractivity contribution in [3.63, 3.8) is 0 Å². The molecule has 162 valence electrons. The van der Waals surface area contributed by atoms with Gasteiger partial charge in [0.1, 0.15) is 5.75 Å². The number of carbonyl (C=O) groups is 2. The van der Waals surface area contributed by atoms with Crippen LogP contribution < -0.4 is 10.5 Å². The summed E-state index contributed by atoms with van der Waals surface area (Å²) < 4.78 is 7.90. The van der Waals surface area contributed by atoms with Crippen molar-refractivity contribution in [1.82, 2.24) is 4.57 Å². The minimum Gasteiger partial charge on any atom is -0.481 e. The third kappa shape index (κ3) is 4.15. The first kappa shape index (κ1) is 21.0. The van der Waals surface area contributed by atoms with Crippen LogP contribution in [0, 0.1) is 0 Å². The highest BCUT2D eigenvalue weighted by atomic mass is 16.5. The highest BCUT2D eigenvalue weighted by Gasteiger charge is 2.31. The van der Waals surface area contributed by atoms with Crippen LogP contribution in [0.25, 0.3) is 10.9 Å². The molecular formula is C25H28N2O4. The lowest BCUT2D eigenvalue weighted by atomic mass is 9.92. The number of carboxylic acids is 1. The summed E-state index contributed by atoms with van der Waals surface area (Å²) in [6.45, 7) is 2.37. The topological polar surface area (TPSA) is 94.6 Å². The number of benzene rings is 2. The van der Waals surface area contributed by atoms with E-state index in [2.05, 4.69) is 35.8 Å². The van der Waals surface area contributed by atoms with Crippen LogP contribution in [0.15, 0.2) is 42.5 Å². The van der Waals surface area contributed by atoms with Gasteiger partial charge in [0.05, 0.1) is 11.4 Å². The highest BCUT2D eigenvalue weighted by Crippen LogP contribution is 2.42. The van der Waals surface area contributed by atoms with E-state index < -0.39 is 18.5 Å². The van der Waals surface area contributed by atoms with Crippen LogP contribution in [0.1, 0.15) is 54.5 Å². The number of carboxylic acid groups (broad SMARTS) is 1. The zero-order valence-electron chi connectivity index (χ0n) is 17.8. The smallest absolute Gasteiger partial charge is 0.341 e. The van der Waals surface area contributed by atoms with Gasteiger partial charge in [-0.2, -0.15) is 0 Å². The minimum atomic E-state index is -1.04. The van der Waals surface area contributed by atoms with E-state index in [0.29, 0.717) is 18.7 Å². The number of hydrogen-bond donors (Lipinski definition) is 2. The van der Waals surface area contributed by atoms with Gasteiger partial charge in [0.15, 0.2) is 6.61 Å². The van der Waals surface area contributed by atoms with Crippen LogP contribution in [0.4, 0.5) is 0 Å². The molecule has 1 aliphatic carbocycles. The van der Waals surface area contributed by atoms with Crippen LogP contribution in [-0.2, 0) is 29.0 Å². The van der Waals surface area contributed by atoms with E-state index in [1.807, 2.05) is 12.1 Å². The van der Waals surface area contributed by atoms with E-state index in [4.69, 9.17) is 15.6 Å². The number of nitrogens with zero attached hydrogens (tertiary/aromatic N) is 1. The molecule has 0 aliphatic heterocycles. The number of ether oxygens (including phenoxy) is 1. The summed E-state index contributed by atoms with van der Waals surface area (Å²) in [6, 6.07) is 14.2. The molecule has 0 saturated heterocycles. The maximum atomic E-state index is 12.4. The average Bonchev–Trinajstić information content (AvgIpc) is 2.91. The van der Waals surface area contributed by atoms with E-state index in [9.17, 15) is 9.59 Å². The molecule has 1 atom stereocenters. The van der Waals surface area contributed by atoms with Gasteiger partial charge in [0.25, 0.3) is 0 Å². The summed E-state index contributed by atoms with van der Waals surface area (Å²) in [6.07, 6.45) is 4.44. The first-order valence-corrected chi connectivity index (χ1v) is 10.8. The number of aliphatic carboxylic acids is 1. The number of amides is 1. The van der Waals surface area contributed by atoms with E-state index in [0.717, 1.165) is 47.8 Å². The quantitative estimate of drug-likeness (QED) is 0.565. The summed E-state index contributed by atoms with van der Waals surface area (Å²) in [5, 5.41) is 9.92. The Labute approximate surface area is 181 Å². The maximum Gasteiger partial charge on any atom is 0.341 e. The number of carbonyl (C=O) groups excluding carboxylic acids is 1. The Morgan fingerprint density at radius 2 is 1.87 bits per heavy atom. The molecule has 0 saturated carbocycles. The van der Waals surface area contributed by atoms with Gasteiger partial charge in [-0.15, -0.1) is 0 Å². The van der Waals surface area contributed by atoms with Gasteiger partial charge in [0, 0.05) is 17.6 Å². The molecule has 1 heterocycles. The molecule has 6 heteroatoms. The zero-order valence-corrected chi connectivity index (χ0v) is 17.8. The Morgan fingerprint density at radius 3 is 2.55 bits per heavy atom. The van der Waals surface area contributed by atoms with E-state index in [-0.39, 0.29) is 5.91 Å². The number of rotatable bonds is 7. The van der Waals surface area contributed by atoms with Crippen molar-refractivity contribution >= 4 is 22.8 Å². The van der Waals surface area contributed by atoms with Crippen LogP contribution in [0.2, 0.25) is 0 Å². The second kappa shape index (κ2) is 8.84. The molecule has 6 nitrogen and oxygen atoms in total. The van der Waals surface area contributed by atoms with Crippen molar-refractivity contribution in [3.8, 4) is 5.75 Å². The molecule has 0 radical (unpaired) electrons. The third-order valence-corrected chi connectivity index (χ3v) is 6.17. The first-order valence-electron chi connectivity index (χ1n) is 10.8. The third-order valence-electron chi connectivity index (χ3n) is 6.17. The lowest BCUT2D eigenvalue weighted by molar-refractivity contribution is -0.139. The van der Waals surface area contributed by atoms with Gasteiger partial charge in [-0.05, 0) is 54.5 Å².